The molecule has 0 aliphatic carbocycles. The highest BCUT2D eigenvalue weighted by atomic mass is 32.1. The van der Waals surface area contributed by atoms with Crippen LogP contribution in [0.4, 0.5) is 5.13 Å². The van der Waals surface area contributed by atoms with Crippen LogP contribution < -0.4 is 5.73 Å². The maximum absolute atomic E-state index is 5.42. The number of nitrogens with two attached hydrogens (primary N) is 1. The van der Waals surface area contributed by atoms with E-state index in [0.29, 0.717) is 5.13 Å². The highest BCUT2D eigenvalue weighted by molar-refractivity contribution is 7.15. The summed E-state index contributed by atoms with van der Waals surface area (Å²) in [6.07, 6.45) is 3.14. The third-order valence-corrected chi connectivity index (χ3v) is 4.02. The molecule has 2 aromatic heterocycles. The number of hydrogen-bond acceptors (Lipinski definition) is 6. The van der Waals surface area contributed by atoms with Gasteiger partial charge in [-0.25, -0.2) is 0 Å². The highest BCUT2D eigenvalue weighted by Crippen LogP contribution is 2.25. The SMILES string of the molecule is CC(C)(C)c1nnc(N)s1.CCCn1cc(C(C)(C)C)nn1. The lowest BCUT2D eigenvalue weighted by atomic mass is 9.93. The van der Waals surface area contributed by atoms with E-state index in [1.54, 1.807) is 0 Å². The lowest BCUT2D eigenvalue weighted by molar-refractivity contribution is 0.564. The van der Waals surface area contributed by atoms with Crippen LogP contribution in [-0.4, -0.2) is 25.2 Å². The summed E-state index contributed by atoms with van der Waals surface area (Å²) in [6, 6.07) is 0. The molecule has 0 aliphatic rings. The van der Waals surface area contributed by atoms with Crippen LogP contribution in [0.1, 0.15) is 65.6 Å². The Hall–Kier alpha value is -1.50. The third kappa shape index (κ3) is 5.71. The van der Waals surface area contributed by atoms with E-state index in [2.05, 4.69) is 69.0 Å². The van der Waals surface area contributed by atoms with Crippen molar-refractivity contribution in [2.75, 3.05) is 5.73 Å². The lowest BCUT2D eigenvalue weighted by Gasteiger charge is -2.12. The number of anilines is 1. The van der Waals surface area contributed by atoms with Gasteiger partial charge in [-0.05, 0) is 6.42 Å². The minimum atomic E-state index is 0.0787. The van der Waals surface area contributed by atoms with Crippen molar-refractivity contribution in [1.82, 2.24) is 25.2 Å². The van der Waals surface area contributed by atoms with Crippen molar-refractivity contribution in [3.05, 3.63) is 16.9 Å². The van der Waals surface area contributed by atoms with Gasteiger partial charge in [0.15, 0.2) is 0 Å². The van der Waals surface area contributed by atoms with Crippen LogP contribution in [-0.2, 0) is 17.4 Å². The van der Waals surface area contributed by atoms with Crippen molar-refractivity contribution in [3.8, 4) is 0 Å². The predicted octanol–water partition coefficient (Wildman–Crippen LogP) is 3.40. The molecule has 2 rings (SSSR count). The van der Waals surface area contributed by atoms with Crippen LogP contribution in [0.3, 0.4) is 0 Å². The van der Waals surface area contributed by atoms with Gasteiger partial charge >= 0.3 is 0 Å². The fraction of sp³-hybridized carbons (Fsp3) is 0.733. The molecule has 2 N–H and O–H groups in total. The van der Waals surface area contributed by atoms with E-state index in [1.165, 1.54) is 11.3 Å². The molecule has 2 aromatic rings. The molecule has 124 valence electrons. The molecule has 7 heteroatoms. The third-order valence-electron chi connectivity index (χ3n) is 2.84. The van der Waals surface area contributed by atoms with Crippen LogP contribution in [0, 0.1) is 0 Å². The average molecular weight is 324 g/mol. The molecule has 6 nitrogen and oxygen atoms in total. The number of hydrogen-bond donors (Lipinski definition) is 1. The van der Waals surface area contributed by atoms with Crippen LogP contribution in [0.15, 0.2) is 6.20 Å². The second kappa shape index (κ2) is 7.17. The van der Waals surface area contributed by atoms with Crippen LogP contribution in [0.5, 0.6) is 0 Å². The molecule has 2 heterocycles. The van der Waals surface area contributed by atoms with Crippen LogP contribution in [0.25, 0.3) is 0 Å². The van der Waals surface area contributed by atoms with Crippen molar-refractivity contribution in [1.29, 1.82) is 0 Å². The fourth-order valence-corrected chi connectivity index (χ4v) is 2.19. The molecular formula is C15H28N6S. The number of nitrogens with zero attached hydrogens (tertiary/aromatic N) is 5. The number of nitrogen functional groups attached to an aromatic ring is 1. The normalized spacial score (nSPS) is 12.0. The fourth-order valence-electron chi connectivity index (χ4n) is 1.52. The van der Waals surface area contributed by atoms with Crippen molar-refractivity contribution in [2.45, 2.75) is 72.3 Å². The predicted molar refractivity (Wildman–Crippen MR) is 92.0 cm³/mol. The Morgan fingerprint density at radius 2 is 1.68 bits per heavy atom. The van der Waals surface area contributed by atoms with E-state index < -0.39 is 0 Å². The topological polar surface area (TPSA) is 82.5 Å². The summed E-state index contributed by atoms with van der Waals surface area (Å²) >= 11 is 1.45. The van der Waals surface area contributed by atoms with Gasteiger partial charge in [-0.2, -0.15) is 0 Å². The summed E-state index contributed by atoms with van der Waals surface area (Å²) in [6.45, 7) is 15.8. The smallest absolute Gasteiger partial charge is 0.203 e. The molecule has 22 heavy (non-hydrogen) atoms. The monoisotopic (exact) mass is 324 g/mol. The summed E-state index contributed by atoms with van der Waals surface area (Å²) in [7, 11) is 0. The molecule has 0 aliphatic heterocycles. The molecule has 0 aromatic carbocycles. The van der Waals surface area contributed by atoms with E-state index in [1.807, 2.05) is 10.9 Å². The Balaban J connectivity index is 0.000000224. The molecule has 0 atom stereocenters. The van der Waals surface area contributed by atoms with E-state index in [-0.39, 0.29) is 10.8 Å². The number of rotatable bonds is 2. The first-order chi connectivity index (χ1) is 10.0. The van der Waals surface area contributed by atoms with Crippen molar-refractivity contribution < 1.29 is 0 Å². The lowest BCUT2D eigenvalue weighted by Crippen LogP contribution is -2.11. The Kier molecular flexibility index (Phi) is 6.05. The largest absolute Gasteiger partial charge is 0.374 e. The molecule has 0 saturated carbocycles. The zero-order chi connectivity index (χ0) is 17.0. The maximum Gasteiger partial charge on any atom is 0.203 e. The van der Waals surface area contributed by atoms with Crippen molar-refractivity contribution in [2.24, 2.45) is 0 Å². The van der Waals surface area contributed by atoms with E-state index in [4.69, 9.17) is 5.73 Å². The molecule has 0 bridgehead atoms. The Labute approximate surface area is 137 Å². The van der Waals surface area contributed by atoms with Crippen LogP contribution >= 0.6 is 11.3 Å². The first-order valence-corrected chi connectivity index (χ1v) is 8.35. The van der Waals surface area contributed by atoms with Gasteiger partial charge in [-0.1, -0.05) is 65.0 Å². The molecule has 0 spiro atoms. The molecule has 0 amide bonds. The Morgan fingerprint density at radius 3 is 2.00 bits per heavy atom. The first kappa shape index (κ1) is 18.5. The molecule has 0 unspecified atom stereocenters. The average Bonchev–Trinajstić information content (AvgIpc) is 2.97. The summed E-state index contributed by atoms with van der Waals surface area (Å²) in [5, 5.41) is 17.4. The maximum atomic E-state index is 5.42. The summed E-state index contributed by atoms with van der Waals surface area (Å²) in [5.41, 5.74) is 6.68. The molecule has 0 saturated heterocycles. The van der Waals surface area contributed by atoms with E-state index >= 15 is 0 Å². The van der Waals surface area contributed by atoms with Gasteiger partial charge in [0.1, 0.15) is 5.01 Å². The van der Waals surface area contributed by atoms with Crippen molar-refractivity contribution >= 4 is 16.5 Å². The molecule has 0 radical (unpaired) electrons. The number of aryl methyl sites for hydroxylation is 1. The van der Waals surface area contributed by atoms with Crippen LogP contribution in [0.2, 0.25) is 0 Å². The summed E-state index contributed by atoms with van der Waals surface area (Å²) in [4.78, 5) is 0. The minimum Gasteiger partial charge on any atom is -0.374 e. The molecule has 0 fully saturated rings. The molecular weight excluding hydrogens is 296 g/mol. The quantitative estimate of drug-likeness (QED) is 0.915. The Bertz CT molecular complexity index is 573. The second-order valence-corrected chi connectivity index (χ2v) is 8.32. The van der Waals surface area contributed by atoms with Gasteiger partial charge in [0.2, 0.25) is 5.13 Å². The van der Waals surface area contributed by atoms with Gasteiger partial charge in [-0.3, -0.25) is 4.68 Å². The van der Waals surface area contributed by atoms with Gasteiger partial charge in [-0.15, -0.1) is 15.3 Å². The standard InChI is InChI=1S/C9H17N3.C6H11N3S/c1-5-6-12-7-8(10-11-12)9(2,3)4;1-6(2,3)4-8-9-5(7)10-4/h7H,5-6H2,1-4H3;1-3H3,(H2,7,9). The second-order valence-electron chi connectivity index (χ2n) is 7.31. The summed E-state index contributed by atoms with van der Waals surface area (Å²) in [5.74, 6) is 0. The Morgan fingerprint density at radius 1 is 1.05 bits per heavy atom. The minimum absolute atomic E-state index is 0.0787. The zero-order valence-electron chi connectivity index (χ0n) is 14.7. The van der Waals surface area contributed by atoms with Gasteiger partial charge in [0.05, 0.1) is 5.69 Å². The van der Waals surface area contributed by atoms with Gasteiger partial charge in [0, 0.05) is 23.6 Å². The summed E-state index contributed by atoms with van der Waals surface area (Å²) < 4.78 is 1.90. The van der Waals surface area contributed by atoms with E-state index in [9.17, 15) is 0 Å². The van der Waals surface area contributed by atoms with Crippen molar-refractivity contribution in [3.63, 3.8) is 0 Å². The van der Waals surface area contributed by atoms with Gasteiger partial charge < -0.3 is 5.73 Å². The first-order valence-electron chi connectivity index (χ1n) is 7.54. The number of aromatic nitrogens is 5. The van der Waals surface area contributed by atoms with Gasteiger partial charge in [0.25, 0.3) is 0 Å². The highest BCUT2D eigenvalue weighted by Gasteiger charge is 2.18. The zero-order valence-corrected chi connectivity index (χ0v) is 15.5. The van der Waals surface area contributed by atoms with E-state index in [0.717, 1.165) is 23.7 Å².